The highest BCUT2D eigenvalue weighted by Crippen LogP contribution is 2.12. The first-order chi connectivity index (χ1) is 10.2. The molecule has 0 spiro atoms. The van der Waals surface area contributed by atoms with E-state index in [0.29, 0.717) is 22.9 Å². The van der Waals surface area contributed by atoms with Gasteiger partial charge < -0.3 is 10.1 Å². The quantitative estimate of drug-likeness (QED) is 0.923. The Morgan fingerprint density at radius 3 is 2.67 bits per heavy atom. The molecule has 0 heterocycles. The van der Waals surface area contributed by atoms with E-state index in [1.54, 1.807) is 36.4 Å². The van der Waals surface area contributed by atoms with Crippen molar-refractivity contribution in [3.8, 4) is 11.8 Å². The van der Waals surface area contributed by atoms with Crippen LogP contribution in [0.1, 0.15) is 11.1 Å². The summed E-state index contributed by atoms with van der Waals surface area (Å²) in [5.74, 6) is 0.325. The van der Waals surface area contributed by atoms with Crippen molar-refractivity contribution in [2.75, 3.05) is 6.61 Å². The molecule has 2 aromatic rings. The Morgan fingerprint density at radius 1 is 1.24 bits per heavy atom. The number of nitrogens with zero attached hydrogens (tertiary/aromatic N) is 1. The van der Waals surface area contributed by atoms with Crippen LogP contribution in [0.3, 0.4) is 0 Å². The lowest BCUT2D eigenvalue weighted by atomic mass is 10.2. The second kappa shape index (κ2) is 7.32. The standard InChI is InChI=1S/C16H13ClN2O2/c17-14-3-1-2-13(8-14)10-19-16(20)11-21-15-6-4-12(9-18)5-7-15/h1-8H,10-11H2,(H,19,20). The van der Waals surface area contributed by atoms with Crippen molar-refractivity contribution >= 4 is 17.5 Å². The Kier molecular flexibility index (Phi) is 5.19. The fraction of sp³-hybridized carbons (Fsp3) is 0.125. The smallest absolute Gasteiger partial charge is 0.258 e. The van der Waals surface area contributed by atoms with E-state index in [0.717, 1.165) is 5.56 Å². The van der Waals surface area contributed by atoms with E-state index in [-0.39, 0.29) is 12.5 Å². The van der Waals surface area contributed by atoms with Crippen LogP contribution in [-0.2, 0) is 11.3 Å². The van der Waals surface area contributed by atoms with Crippen LogP contribution in [0.4, 0.5) is 0 Å². The van der Waals surface area contributed by atoms with Gasteiger partial charge in [0.2, 0.25) is 0 Å². The number of nitrogens with one attached hydrogen (secondary N) is 1. The summed E-state index contributed by atoms with van der Waals surface area (Å²) in [6, 6.07) is 15.9. The maximum atomic E-state index is 11.7. The average Bonchev–Trinajstić information content (AvgIpc) is 2.51. The second-order valence-electron chi connectivity index (χ2n) is 4.33. The first-order valence-corrected chi connectivity index (χ1v) is 6.69. The van der Waals surface area contributed by atoms with Crippen molar-refractivity contribution in [1.29, 1.82) is 5.26 Å². The summed E-state index contributed by atoms with van der Waals surface area (Å²) in [6.45, 7) is 0.322. The first-order valence-electron chi connectivity index (χ1n) is 6.31. The van der Waals surface area contributed by atoms with Gasteiger partial charge in [-0.25, -0.2) is 0 Å². The van der Waals surface area contributed by atoms with E-state index in [1.165, 1.54) is 0 Å². The van der Waals surface area contributed by atoms with E-state index in [1.807, 2.05) is 18.2 Å². The van der Waals surface area contributed by atoms with Crippen molar-refractivity contribution in [3.05, 3.63) is 64.7 Å². The monoisotopic (exact) mass is 300 g/mol. The maximum Gasteiger partial charge on any atom is 0.258 e. The van der Waals surface area contributed by atoms with Gasteiger partial charge >= 0.3 is 0 Å². The summed E-state index contributed by atoms with van der Waals surface area (Å²) in [6.07, 6.45) is 0. The molecule has 2 aromatic carbocycles. The predicted molar refractivity (Wildman–Crippen MR) is 80.0 cm³/mol. The molecule has 0 aliphatic heterocycles. The first kappa shape index (κ1) is 14.9. The molecule has 0 radical (unpaired) electrons. The number of ether oxygens (including phenoxy) is 1. The lowest BCUT2D eigenvalue weighted by Crippen LogP contribution is -2.28. The molecule has 0 aliphatic carbocycles. The van der Waals surface area contributed by atoms with Crippen molar-refractivity contribution < 1.29 is 9.53 Å². The molecule has 0 saturated carbocycles. The highest BCUT2D eigenvalue weighted by molar-refractivity contribution is 6.30. The van der Waals surface area contributed by atoms with Gasteiger partial charge in [-0.05, 0) is 42.0 Å². The summed E-state index contributed by atoms with van der Waals surface area (Å²) < 4.78 is 5.33. The highest BCUT2D eigenvalue weighted by Gasteiger charge is 2.03. The zero-order valence-corrected chi connectivity index (χ0v) is 11.9. The zero-order chi connectivity index (χ0) is 15.1. The van der Waals surface area contributed by atoms with E-state index in [4.69, 9.17) is 21.6 Å². The number of nitriles is 1. The normalized spacial score (nSPS) is 9.71. The molecule has 1 amide bonds. The molecular weight excluding hydrogens is 288 g/mol. The predicted octanol–water partition coefficient (Wildman–Crippen LogP) is 2.91. The number of hydrogen-bond acceptors (Lipinski definition) is 3. The summed E-state index contributed by atoms with van der Waals surface area (Å²) in [5.41, 5.74) is 1.47. The minimum Gasteiger partial charge on any atom is -0.484 e. The van der Waals surface area contributed by atoms with E-state index in [9.17, 15) is 4.79 Å². The third-order valence-corrected chi connectivity index (χ3v) is 2.97. The van der Waals surface area contributed by atoms with Crippen molar-refractivity contribution in [2.24, 2.45) is 0 Å². The van der Waals surface area contributed by atoms with Crippen molar-refractivity contribution in [2.45, 2.75) is 6.54 Å². The van der Waals surface area contributed by atoms with E-state index >= 15 is 0 Å². The molecular formula is C16H13ClN2O2. The fourth-order valence-electron chi connectivity index (χ4n) is 1.67. The number of benzene rings is 2. The molecule has 2 rings (SSSR count). The number of halogens is 1. The molecule has 0 aliphatic rings. The molecule has 0 aromatic heterocycles. The third kappa shape index (κ3) is 4.83. The van der Waals surface area contributed by atoms with Gasteiger partial charge in [-0.1, -0.05) is 23.7 Å². The Hall–Kier alpha value is -2.51. The van der Waals surface area contributed by atoms with Crippen LogP contribution in [0.5, 0.6) is 5.75 Å². The SMILES string of the molecule is N#Cc1ccc(OCC(=O)NCc2cccc(Cl)c2)cc1. The number of amides is 1. The molecule has 21 heavy (non-hydrogen) atoms. The Morgan fingerprint density at radius 2 is 2.00 bits per heavy atom. The second-order valence-corrected chi connectivity index (χ2v) is 4.77. The average molecular weight is 301 g/mol. The molecule has 0 bridgehead atoms. The lowest BCUT2D eigenvalue weighted by molar-refractivity contribution is -0.123. The molecule has 1 N–H and O–H groups in total. The van der Waals surface area contributed by atoms with Gasteiger partial charge in [0.15, 0.2) is 6.61 Å². The highest BCUT2D eigenvalue weighted by atomic mass is 35.5. The van der Waals surface area contributed by atoms with Crippen LogP contribution >= 0.6 is 11.6 Å². The number of carbonyl (C=O) groups is 1. The van der Waals surface area contributed by atoms with Gasteiger partial charge in [0, 0.05) is 11.6 Å². The fourth-order valence-corrected chi connectivity index (χ4v) is 1.89. The lowest BCUT2D eigenvalue weighted by Gasteiger charge is -2.08. The molecule has 106 valence electrons. The minimum atomic E-state index is -0.223. The largest absolute Gasteiger partial charge is 0.484 e. The maximum absolute atomic E-state index is 11.7. The number of hydrogen-bond donors (Lipinski definition) is 1. The Balaban J connectivity index is 1.78. The molecule has 4 nitrogen and oxygen atoms in total. The van der Waals surface area contributed by atoms with Gasteiger partial charge in [-0.2, -0.15) is 5.26 Å². The van der Waals surface area contributed by atoms with E-state index in [2.05, 4.69) is 5.32 Å². The summed E-state index contributed by atoms with van der Waals surface area (Å²) in [7, 11) is 0. The van der Waals surface area contributed by atoms with Crippen LogP contribution < -0.4 is 10.1 Å². The summed E-state index contributed by atoms with van der Waals surface area (Å²) >= 11 is 5.87. The van der Waals surface area contributed by atoms with Gasteiger partial charge in [-0.15, -0.1) is 0 Å². The van der Waals surface area contributed by atoms with Crippen molar-refractivity contribution in [3.63, 3.8) is 0 Å². The third-order valence-electron chi connectivity index (χ3n) is 2.73. The molecule has 0 atom stereocenters. The summed E-state index contributed by atoms with van der Waals surface area (Å²) in [5, 5.41) is 12.1. The molecule has 0 saturated heterocycles. The van der Waals surface area contributed by atoms with Gasteiger partial charge in [-0.3, -0.25) is 4.79 Å². The van der Waals surface area contributed by atoms with Gasteiger partial charge in [0.05, 0.1) is 11.6 Å². The number of carbonyl (C=O) groups excluding carboxylic acids is 1. The zero-order valence-electron chi connectivity index (χ0n) is 11.2. The van der Waals surface area contributed by atoms with Crippen LogP contribution in [0.2, 0.25) is 5.02 Å². The van der Waals surface area contributed by atoms with E-state index < -0.39 is 0 Å². The van der Waals surface area contributed by atoms with Gasteiger partial charge in [0.25, 0.3) is 5.91 Å². The van der Waals surface area contributed by atoms with Crippen LogP contribution in [-0.4, -0.2) is 12.5 Å². The van der Waals surface area contributed by atoms with Gasteiger partial charge in [0.1, 0.15) is 5.75 Å². The topological polar surface area (TPSA) is 62.1 Å². The Bertz CT molecular complexity index is 663. The molecule has 0 fully saturated rings. The van der Waals surface area contributed by atoms with Crippen molar-refractivity contribution in [1.82, 2.24) is 5.32 Å². The van der Waals surface area contributed by atoms with Crippen LogP contribution in [0.25, 0.3) is 0 Å². The Labute approximate surface area is 127 Å². The van der Waals surface area contributed by atoms with Crippen LogP contribution in [0.15, 0.2) is 48.5 Å². The summed E-state index contributed by atoms with van der Waals surface area (Å²) in [4.78, 5) is 11.7. The molecule has 0 unspecified atom stereocenters. The minimum absolute atomic E-state index is 0.0769. The molecule has 5 heteroatoms. The van der Waals surface area contributed by atoms with Crippen LogP contribution in [0, 0.1) is 11.3 Å². The number of rotatable bonds is 5.